The van der Waals surface area contributed by atoms with Gasteiger partial charge < -0.3 is 5.73 Å². The Morgan fingerprint density at radius 3 is 2.24 bits per heavy atom. The lowest BCUT2D eigenvalue weighted by molar-refractivity contribution is -0.117. The fourth-order valence-corrected chi connectivity index (χ4v) is 4.82. The zero-order chi connectivity index (χ0) is 25.3. The lowest BCUT2D eigenvalue weighted by Crippen LogP contribution is -2.17. The number of carbonyl (C=O) groups excluding carboxylic acids is 4. The number of pyridine rings is 1. The van der Waals surface area contributed by atoms with Crippen LogP contribution in [-0.4, -0.2) is 44.0 Å². The van der Waals surface area contributed by atoms with Crippen molar-refractivity contribution in [2.24, 2.45) is 4.36 Å². The molecule has 1 aromatic carbocycles. The molecule has 0 aliphatic heterocycles. The number of nitrogens with zero attached hydrogens (tertiary/aromatic N) is 2. The lowest BCUT2D eigenvalue weighted by Gasteiger charge is -2.08. The second-order valence-corrected chi connectivity index (χ2v) is 10.3. The van der Waals surface area contributed by atoms with Gasteiger partial charge in [-0.25, -0.2) is 9.19 Å². The molecule has 1 heterocycles. The van der Waals surface area contributed by atoms with Gasteiger partial charge in [-0.3, -0.25) is 19.2 Å². The molecule has 8 nitrogen and oxygen atoms in total. The van der Waals surface area contributed by atoms with E-state index in [4.69, 9.17) is 5.73 Å². The minimum atomic E-state index is -3.11. The van der Waals surface area contributed by atoms with Gasteiger partial charge >= 0.3 is 0 Å². The maximum atomic E-state index is 13.2. The minimum absolute atomic E-state index is 0.00261. The molecule has 34 heavy (non-hydrogen) atoms. The van der Waals surface area contributed by atoms with Gasteiger partial charge in [0.2, 0.25) is 0 Å². The molecule has 2 rings (SSSR count). The predicted octanol–water partition coefficient (Wildman–Crippen LogP) is 3.22. The molecule has 0 saturated heterocycles. The largest absolute Gasteiger partial charge is 0.383 e. The minimum Gasteiger partial charge on any atom is -0.383 e. The van der Waals surface area contributed by atoms with Crippen LogP contribution in [0.2, 0.25) is 0 Å². The Hall–Kier alpha value is -3.64. The molecule has 0 aliphatic rings. The molecule has 0 bridgehead atoms. The smallest absolute Gasteiger partial charge is 0.286 e. The van der Waals surface area contributed by atoms with Gasteiger partial charge in [-0.05, 0) is 32.0 Å². The maximum Gasteiger partial charge on any atom is 0.286 e. The van der Waals surface area contributed by atoms with Crippen molar-refractivity contribution in [2.45, 2.75) is 40.0 Å². The molecule has 178 valence electrons. The van der Waals surface area contributed by atoms with Crippen LogP contribution in [0, 0.1) is 11.8 Å². The average Bonchev–Trinajstić information content (AvgIpc) is 2.80. The van der Waals surface area contributed by atoms with Crippen molar-refractivity contribution in [3.63, 3.8) is 0 Å². The number of carbonyl (C=O) groups is 4. The maximum absolute atomic E-state index is 13.2. The van der Waals surface area contributed by atoms with E-state index in [0.717, 1.165) is 0 Å². The van der Waals surface area contributed by atoms with Crippen LogP contribution in [0.3, 0.4) is 0 Å². The van der Waals surface area contributed by atoms with Crippen molar-refractivity contribution in [1.82, 2.24) is 4.98 Å². The second-order valence-electron chi connectivity index (χ2n) is 7.75. The number of rotatable bonds is 9. The number of nitrogen functional groups attached to an aromatic ring is 1. The summed E-state index contributed by atoms with van der Waals surface area (Å²) >= 11 is 0. The van der Waals surface area contributed by atoms with Gasteiger partial charge in [-0.15, -0.1) is 0 Å². The Kier molecular flexibility index (Phi) is 9.39. The van der Waals surface area contributed by atoms with Gasteiger partial charge in [0.1, 0.15) is 17.4 Å². The Labute approximate surface area is 199 Å². The summed E-state index contributed by atoms with van der Waals surface area (Å²) in [4.78, 5) is 51.4. The van der Waals surface area contributed by atoms with Crippen molar-refractivity contribution >= 4 is 38.8 Å². The molecule has 2 N–H and O–H groups in total. The Balaban J connectivity index is 2.38. The molecule has 1 amide bonds. The van der Waals surface area contributed by atoms with Gasteiger partial charge in [0.25, 0.3) is 5.91 Å². The van der Waals surface area contributed by atoms with Gasteiger partial charge in [-0.2, -0.15) is 4.36 Å². The highest BCUT2D eigenvalue weighted by Crippen LogP contribution is 2.14. The third-order valence-corrected chi connectivity index (χ3v) is 6.99. The van der Waals surface area contributed by atoms with E-state index in [1.54, 1.807) is 31.2 Å². The Morgan fingerprint density at radius 1 is 1.00 bits per heavy atom. The third kappa shape index (κ3) is 8.05. The van der Waals surface area contributed by atoms with E-state index < -0.39 is 15.6 Å². The number of anilines is 1. The predicted molar refractivity (Wildman–Crippen MR) is 131 cm³/mol. The summed E-state index contributed by atoms with van der Waals surface area (Å²) in [5.41, 5.74) is 7.35. The molecular formula is C25H27N3O5S. The fourth-order valence-electron chi connectivity index (χ4n) is 2.81. The molecule has 0 unspecified atom stereocenters. The number of aromatic nitrogens is 1. The molecule has 2 aromatic rings. The van der Waals surface area contributed by atoms with Gasteiger partial charge in [-0.1, -0.05) is 30.9 Å². The van der Waals surface area contributed by atoms with E-state index in [1.165, 1.54) is 26.1 Å². The molecule has 0 saturated carbocycles. The zero-order valence-electron chi connectivity index (χ0n) is 19.4. The zero-order valence-corrected chi connectivity index (χ0v) is 20.2. The standard InChI is InChI=1S/C25H27N3O5S/c1-4-23(31)20-7-5-6-19(14-20)8-9-21-15-22(16-27-24(21)26)25(32)28-34(33,12-10-17(2)29)13-11-18(3)30/h5-7,14-16H,4,10-13H2,1-3H3,(H2,26,27). The highest BCUT2D eigenvalue weighted by atomic mass is 32.2. The molecule has 9 heteroatoms. The Bertz CT molecular complexity index is 1290. The van der Waals surface area contributed by atoms with Crippen molar-refractivity contribution in [3.05, 3.63) is 58.8 Å². The van der Waals surface area contributed by atoms with E-state index in [2.05, 4.69) is 21.2 Å². The summed E-state index contributed by atoms with van der Waals surface area (Å²) < 4.78 is 17.0. The van der Waals surface area contributed by atoms with Crippen molar-refractivity contribution in [2.75, 3.05) is 17.2 Å². The molecular weight excluding hydrogens is 454 g/mol. The number of nitrogens with two attached hydrogens (primary N) is 1. The number of ketones is 3. The molecule has 0 spiro atoms. The van der Waals surface area contributed by atoms with E-state index in [-0.39, 0.29) is 58.6 Å². The highest BCUT2D eigenvalue weighted by Gasteiger charge is 2.17. The van der Waals surface area contributed by atoms with Gasteiger partial charge in [0, 0.05) is 48.1 Å². The first-order valence-electron chi connectivity index (χ1n) is 10.7. The van der Waals surface area contributed by atoms with Crippen LogP contribution in [0.15, 0.2) is 40.9 Å². The first kappa shape index (κ1) is 26.6. The number of benzene rings is 1. The molecule has 0 fully saturated rings. The first-order chi connectivity index (χ1) is 16.0. The average molecular weight is 482 g/mol. The second kappa shape index (κ2) is 12.0. The third-order valence-electron chi connectivity index (χ3n) is 4.81. The van der Waals surface area contributed by atoms with Crippen molar-refractivity contribution in [1.29, 1.82) is 0 Å². The number of hydrogen-bond donors (Lipinski definition) is 1. The SMILES string of the molecule is CCC(=O)c1cccc(C#Cc2cc(C(=O)N=S(=O)(CCC(C)=O)CCC(C)=O)cnc2N)c1. The van der Waals surface area contributed by atoms with Gasteiger partial charge in [0.05, 0.1) is 20.9 Å². The number of hydrogen-bond acceptors (Lipinski definition) is 7. The molecule has 0 radical (unpaired) electrons. The quantitative estimate of drug-likeness (QED) is 0.429. The summed E-state index contributed by atoms with van der Waals surface area (Å²) in [5.74, 6) is 4.47. The first-order valence-corrected chi connectivity index (χ1v) is 12.5. The summed E-state index contributed by atoms with van der Waals surface area (Å²) in [5, 5.41) is 0. The number of Topliss-reactive ketones (excluding diaryl/α,β-unsaturated/α-hetero) is 3. The van der Waals surface area contributed by atoms with E-state index >= 15 is 0 Å². The van der Waals surface area contributed by atoms with E-state index in [1.807, 2.05) is 0 Å². The Morgan fingerprint density at radius 2 is 1.65 bits per heavy atom. The van der Waals surface area contributed by atoms with Gasteiger partial charge in [0.15, 0.2) is 5.78 Å². The molecule has 0 aliphatic carbocycles. The molecule has 0 atom stereocenters. The van der Waals surface area contributed by atoms with Crippen LogP contribution >= 0.6 is 0 Å². The number of amides is 1. The van der Waals surface area contributed by atoms with Crippen LogP contribution in [0.1, 0.15) is 71.9 Å². The lowest BCUT2D eigenvalue weighted by atomic mass is 10.1. The fraction of sp³-hybridized carbons (Fsp3) is 0.320. The summed E-state index contributed by atoms with van der Waals surface area (Å²) in [6.07, 6.45) is 1.57. The van der Waals surface area contributed by atoms with Crippen LogP contribution in [0.25, 0.3) is 0 Å². The molecule has 1 aromatic heterocycles. The van der Waals surface area contributed by atoms with Crippen LogP contribution in [-0.2, 0) is 19.3 Å². The summed E-state index contributed by atoms with van der Waals surface area (Å²) in [6.45, 7) is 4.49. The highest BCUT2D eigenvalue weighted by molar-refractivity contribution is 7.93. The van der Waals surface area contributed by atoms with E-state index in [9.17, 15) is 23.4 Å². The normalized spacial score (nSPS) is 10.7. The van der Waals surface area contributed by atoms with Crippen molar-refractivity contribution < 1.29 is 23.4 Å². The monoisotopic (exact) mass is 481 g/mol. The topological polar surface area (TPSA) is 137 Å². The van der Waals surface area contributed by atoms with Crippen LogP contribution in [0.4, 0.5) is 5.82 Å². The summed E-state index contributed by atoms with van der Waals surface area (Å²) in [6, 6.07) is 8.26. The van der Waals surface area contributed by atoms with Crippen LogP contribution < -0.4 is 5.73 Å². The van der Waals surface area contributed by atoms with Crippen molar-refractivity contribution in [3.8, 4) is 11.8 Å². The van der Waals surface area contributed by atoms with Crippen LogP contribution in [0.5, 0.6) is 0 Å². The van der Waals surface area contributed by atoms with E-state index in [0.29, 0.717) is 17.5 Å². The summed E-state index contributed by atoms with van der Waals surface area (Å²) in [7, 11) is -3.11.